The number of carbonyl (C=O) groups is 3. The maximum absolute atomic E-state index is 12.9. The first-order valence-electron chi connectivity index (χ1n) is 33.0. The van der Waals surface area contributed by atoms with E-state index in [0.29, 0.717) is 19.3 Å². The second-order valence-corrected chi connectivity index (χ2v) is 21.6. The highest BCUT2D eigenvalue weighted by atomic mass is 16.6. The molecular weight excluding hydrogens is 973 g/mol. The van der Waals surface area contributed by atoms with Crippen LogP contribution in [0.25, 0.3) is 0 Å². The van der Waals surface area contributed by atoms with E-state index in [-0.39, 0.29) is 37.5 Å². The van der Waals surface area contributed by atoms with Crippen LogP contribution < -0.4 is 0 Å². The van der Waals surface area contributed by atoms with Crippen molar-refractivity contribution in [2.45, 2.75) is 309 Å². The van der Waals surface area contributed by atoms with Gasteiger partial charge in [-0.25, -0.2) is 0 Å². The van der Waals surface area contributed by atoms with Crippen LogP contribution in [0.4, 0.5) is 0 Å². The van der Waals surface area contributed by atoms with Crippen molar-refractivity contribution in [3.05, 3.63) is 122 Å². The van der Waals surface area contributed by atoms with Crippen LogP contribution in [0.2, 0.25) is 0 Å². The van der Waals surface area contributed by atoms with Crippen LogP contribution in [0.5, 0.6) is 0 Å². The molecular formula is C73H122O6. The van der Waals surface area contributed by atoms with Crippen LogP contribution in [0, 0.1) is 0 Å². The lowest BCUT2D eigenvalue weighted by atomic mass is 10.0. The van der Waals surface area contributed by atoms with Gasteiger partial charge in [-0.3, -0.25) is 14.4 Å². The molecule has 0 radical (unpaired) electrons. The van der Waals surface area contributed by atoms with E-state index in [1.54, 1.807) is 0 Å². The van der Waals surface area contributed by atoms with Crippen molar-refractivity contribution in [2.24, 2.45) is 0 Å². The van der Waals surface area contributed by atoms with Gasteiger partial charge >= 0.3 is 17.9 Å². The van der Waals surface area contributed by atoms with Gasteiger partial charge in [0, 0.05) is 19.3 Å². The fourth-order valence-electron chi connectivity index (χ4n) is 9.09. The van der Waals surface area contributed by atoms with E-state index in [1.807, 2.05) is 0 Å². The lowest BCUT2D eigenvalue weighted by Crippen LogP contribution is -2.30. The summed E-state index contributed by atoms with van der Waals surface area (Å²) in [4.78, 5) is 38.4. The van der Waals surface area contributed by atoms with Crippen molar-refractivity contribution in [1.29, 1.82) is 0 Å². The van der Waals surface area contributed by atoms with E-state index in [4.69, 9.17) is 14.2 Å². The zero-order valence-corrected chi connectivity index (χ0v) is 51.6. The Kier molecular flexibility index (Phi) is 62.8. The highest BCUT2D eigenvalue weighted by Crippen LogP contribution is 2.16. The molecule has 0 saturated carbocycles. The summed E-state index contributed by atoms with van der Waals surface area (Å²) in [6, 6.07) is 0. The normalized spacial score (nSPS) is 12.9. The summed E-state index contributed by atoms with van der Waals surface area (Å²) in [5.41, 5.74) is 0. The topological polar surface area (TPSA) is 78.9 Å². The fraction of sp³-hybridized carbons (Fsp3) is 0.685. The maximum Gasteiger partial charge on any atom is 0.306 e. The van der Waals surface area contributed by atoms with Gasteiger partial charge in [-0.2, -0.15) is 0 Å². The van der Waals surface area contributed by atoms with Crippen LogP contribution >= 0.6 is 0 Å². The van der Waals surface area contributed by atoms with Gasteiger partial charge in [-0.1, -0.05) is 296 Å². The molecule has 0 amide bonds. The molecule has 0 aromatic carbocycles. The van der Waals surface area contributed by atoms with Crippen LogP contribution in [0.15, 0.2) is 122 Å². The third kappa shape index (κ3) is 64.5. The molecule has 6 heteroatoms. The Hall–Kier alpha value is -4.19. The van der Waals surface area contributed by atoms with Crippen molar-refractivity contribution in [3.63, 3.8) is 0 Å². The van der Waals surface area contributed by atoms with Crippen LogP contribution in [0.1, 0.15) is 303 Å². The first-order chi connectivity index (χ1) is 39.0. The minimum atomic E-state index is -0.806. The van der Waals surface area contributed by atoms with Crippen molar-refractivity contribution < 1.29 is 28.6 Å². The van der Waals surface area contributed by atoms with E-state index in [9.17, 15) is 14.4 Å². The number of carbonyl (C=O) groups excluding carboxylic acids is 3. The summed E-state index contributed by atoms with van der Waals surface area (Å²) in [6.07, 6.45) is 92.0. The number of allylic oxidation sites excluding steroid dienone is 20. The molecule has 0 N–H and O–H groups in total. The van der Waals surface area contributed by atoms with Crippen molar-refractivity contribution in [1.82, 2.24) is 0 Å². The Morgan fingerprint density at radius 1 is 0.266 bits per heavy atom. The molecule has 0 spiro atoms. The lowest BCUT2D eigenvalue weighted by molar-refractivity contribution is -0.167. The molecule has 0 aromatic rings. The molecule has 450 valence electrons. The highest BCUT2D eigenvalue weighted by molar-refractivity contribution is 5.71. The van der Waals surface area contributed by atoms with Gasteiger partial charge in [-0.15, -0.1) is 0 Å². The van der Waals surface area contributed by atoms with Gasteiger partial charge in [0.1, 0.15) is 13.2 Å². The van der Waals surface area contributed by atoms with E-state index in [1.165, 1.54) is 141 Å². The summed E-state index contributed by atoms with van der Waals surface area (Å²) in [7, 11) is 0. The Bertz CT molecular complexity index is 1640. The molecule has 0 saturated heterocycles. The van der Waals surface area contributed by atoms with Crippen molar-refractivity contribution in [3.8, 4) is 0 Å². The molecule has 0 bridgehead atoms. The summed E-state index contributed by atoms with van der Waals surface area (Å²) >= 11 is 0. The summed E-state index contributed by atoms with van der Waals surface area (Å²) in [5.74, 6) is -0.935. The van der Waals surface area contributed by atoms with E-state index in [2.05, 4.69) is 142 Å². The second kappa shape index (κ2) is 66.3. The average Bonchev–Trinajstić information content (AvgIpc) is 3.45. The SMILES string of the molecule is CC/C=C\C/C=C\C/C=C\C/C=C\C/C=C\C/C=C\CCCCC(=O)OC(COC(=O)CCCCCCCCCCCC/C=C\C/C=C\C/C=C\C/C=C\CC)COC(=O)CCCCCCCCCCCCCCCCCCC. The second-order valence-electron chi connectivity index (χ2n) is 21.6. The molecule has 0 rings (SSSR count). The predicted octanol–water partition coefficient (Wildman–Crippen LogP) is 22.8. The maximum atomic E-state index is 12.9. The van der Waals surface area contributed by atoms with Crippen LogP contribution in [-0.4, -0.2) is 37.2 Å². The van der Waals surface area contributed by atoms with Gasteiger partial charge in [0.2, 0.25) is 0 Å². The van der Waals surface area contributed by atoms with Gasteiger partial charge in [0.05, 0.1) is 0 Å². The number of hydrogen-bond acceptors (Lipinski definition) is 6. The molecule has 79 heavy (non-hydrogen) atoms. The van der Waals surface area contributed by atoms with Gasteiger partial charge < -0.3 is 14.2 Å². The fourth-order valence-corrected chi connectivity index (χ4v) is 9.09. The minimum Gasteiger partial charge on any atom is -0.462 e. The van der Waals surface area contributed by atoms with Crippen molar-refractivity contribution >= 4 is 17.9 Å². The molecule has 6 nitrogen and oxygen atoms in total. The van der Waals surface area contributed by atoms with Crippen molar-refractivity contribution in [2.75, 3.05) is 13.2 Å². The van der Waals surface area contributed by atoms with Gasteiger partial charge in [0.25, 0.3) is 0 Å². The summed E-state index contributed by atoms with van der Waals surface area (Å²) in [6.45, 7) is 6.41. The Morgan fingerprint density at radius 2 is 0.494 bits per heavy atom. The Labute approximate surface area is 488 Å². The smallest absolute Gasteiger partial charge is 0.306 e. The number of rotatable bonds is 59. The quantitative estimate of drug-likeness (QED) is 0.0261. The molecule has 0 aliphatic rings. The van der Waals surface area contributed by atoms with Gasteiger partial charge in [0.15, 0.2) is 6.10 Å². The Morgan fingerprint density at radius 3 is 0.797 bits per heavy atom. The largest absolute Gasteiger partial charge is 0.462 e. The third-order valence-electron chi connectivity index (χ3n) is 14.0. The van der Waals surface area contributed by atoms with E-state index in [0.717, 1.165) is 116 Å². The number of unbranched alkanes of at least 4 members (excludes halogenated alkanes) is 28. The van der Waals surface area contributed by atoms with Crippen LogP contribution in [0.3, 0.4) is 0 Å². The molecule has 1 atom stereocenters. The number of esters is 3. The zero-order chi connectivity index (χ0) is 57.1. The van der Waals surface area contributed by atoms with Gasteiger partial charge in [-0.05, 0) is 109 Å². The number of hydrogen-bond donors (Lipinski definition) is 0. The molecule has 1 unspecified atom stereocenters. The Balaban J connectivity index is 4.46. The average molecular weight is 1100 g/mol. The third-order valence-corrected chi connectivity index (χ3v) is 14.0. The monoisotopic (exact) mass is 1090 g/mol. The summed E-state index contributed by atoms with van der Waals surface area (Å²) < 4.78 is 16.9. The molecule has 0 aromatic heterocycles. The first-order valence-corrected chi connectivity index (χ1v) is 33.0. The summed E-state index contributed by atoms with van der Waals surface area (Å²) in [5, 5.41) is 0. The lowest BCUT2D eigenvalue weighted by Gasteiger charge is -2.18. The highest BCUT2D eigenvalue weighted by Gasteiger charge is 2.19. The van der Waals surface area contributed by atoms with E-state index >= 15 is 0 Å². The predicted molar refractivity (Wildman–Crippen MR) is 343 cm³/mol. The molecule has 0 aliphatic heterocycles. The van der Waals surface area contributed by atoms with E-state index < -0.39 is 6.10 Å². The standard InChI is InChI=1S/C73H122O6/c1-4-7-10-13-16-19-22-25-28-31-33-35-36-38-39-42-45-48-51-54-57-60-63-66-72(75)78-69-70(68-77-71(74)65-62-59-56-53-50-47-44-41-30-27-24-21-18-15-12-9-6-3)79-73(76)67-64-61-58-55-52-49-46-43-40-37-34-32-29-26-23-20-17-14-11-8-5-2/h7-8,10-11,16-17,19-20,25-26,28-29,33-35,37,43,46,52,55,70H,4-6,9,12-15,18,21-24,27,30-32,36,38-42,44-45,47-51,53-54,56-69H2,1-3H3/b10-7-,11-8-,19-16-,20-17-,28-25-,29-26-,35-33-,37-34-,46-43-,55-52-. The van der Waals surface area contributed by atoms with Crippen LogP contribution in [-0.2, 0) is 28.6 Å². The molecule has 0 heterocycles. The number of ether oxygens (including phenoxy) is 3. The first kappa shape index (κ1) is 74.8. The minimum absolute atomic E-state index is 0.0966. The molecule has 0 aliphatic carbocycles. The zero-order valence-electron chi connectivity index (χ0n) is 51.6. The molecule has 0 fully saturated rings.